The quantitative estimate of drug-likeness (QED) is 0.352. The van der Waals surface area contributed by atoms with Crippen molar-refractivity contribution in [3.8, 4) is 0 Å². The predicted octanol–water partition coefficient (Wildman–Crippen LogP) is 4.59. The molecule has 0 unspecified atom stereocenters. The molecule has 0 aliphatic heterocycles. The third-order valence-electron chi connectivity index (χ3n) is 5.22. The highest BCUT2D eigenvalue weighted by Gasteiger charge is 2.21. The molecule has 6 nitrogen and oxygen atoms in total. The number of halogens is 1. The second kappa shape index (κ2) is 9.84. The number of carbonyl (C=O) groups excluding carboxylic acids is 1. The Morgan fingerprint density at radius 3 is 2.47 bits per heavy atom. The molecule has 0 aliphatic carbocycles. The van der Waals surface area contributed by atoms with Crippen LogP contribution in [0.25, 0.3) is 10.2 Å². The van der Waals surface area contributed by atoms with E-state index in [2.05, 4.69) is 11.6 Å². The van der Waals surface area contributed by atoms with E-state index in [1.54, 1.807) is 22.8 Å². The second-order valence-corrected chi connectivity index (χ2v) is 10.6. The molecule has 0 radical (unpaired) electrons. The Hall–Kier alpha value is -3.40. The second-order valence-electron chi connectivity index (χ2n) is 7.56. The van der Waals surface area contributed by atoms with E-state index in [0.29, 0.717) is 15.0 Å². The molecule has 3 aromatic carbocycles. The van der Waals surface area contributed by atoms with Crippen molar-refractivity contribution in [1.29, 1.82) is 0 Å². The summed E-state index contributed by atoms with van der Waals surface area (Å²) in [5.74, 6) is -0.954. The molecule has 4 rings (SSSR count). The van der Waals surface area contributed by atoms with E-state index in [4.69, 9.17) is 0 Å². The molecule has 0 fully saturated rings. The van der Waals surface area contributed by atoms with Crippen molar-refractivity contribution in [3.05, 3.63) is 107 Å². The van der Waals surface area contributed by atoms with Crippen LogP contribution in [0.5, 0.6) is 0 Å². The minimum Gasteiger partial charge on any atom is -0.310 e. The van der Waals surface area contributed by atoms with Crippen molar-refractivity contribution in [3.63, 3.8) is 0 Å². The first-order valence-electron chi connectivity index (χ1n) is 10.4. The summed E-state index contributed by atoms with van der Waals surface area (Å²) in [5.41, 5.74) is 1.46. The molecule has 1 aromatic heterocycles. The SMILES string of the molecule is C=CCn1c(=NC(=O)c2ccc(S(=O)(=O)N(C)Cc3ccccc3)cc2)sc2cccc(F)c21. The number of fused-ring (bicyclic) bond motifs is 1. The zero-order valence-electron chi connectivity index (χ0n) is 18.4. The molecule has 0 saturated carbocycles. The summed E-state index contributed by atoms with van der Waals surface area (Å²) in [6.45, 7) is 4.21. The van der Waals surface area contributed by atoms with Gasteiger partial charge in [0.2, 0.25) is 10.0 Å². The number of amides is 1. The Balaban J connectivity index is 1.62. The van der Waals surface area contributed by atoms with Crippen LogP contribution in [-0.4, -0.2) is 30.2 Å². The van der Waals surface area contributed by atoms with Gasteiger partial charge in [-0.25, -0.2) is 12.8 Å². The van der Waals surface area contributed by atoms with Gasteiger partial charge < -0.3 is 4.57 Å². The van der Waals surface area contributed by atoms with Gasteiger partial charge in [-0.1, -0.05) is 53.8 Å². The fourth-order valence-electron chi connectivity index (χ4n) is 3.50. The summed E-state index contributed by atoms with van der Waals surface area (Å²) >= 11 is 1.20. The molecular weight excluding hydrogens is 473 g/mol. The van der Waals surface area contributed by atoms with Gasteiger partial charge >= 0.3 is 0 Å². The van der Waals surface area contributed by atoms with Crippen LogP contribution in [-0.2, 0) is 23.1 Å². The number of nitrogens with zero attached hydrogens (tertiary/aromatic N) is 3. The summed E-state index contributed by atoms with van der Waals surface area (Å²) in [7, 11) is -2.23. The average molecular weight is 496 g/mol. The minimum atomic E-state index is -3.74. The Bertz CT molecular complexity index is 1520. The lowest BCUT2D eigenvalue weighted by molar-refractivity contribution is 0.0997. The number of thiazole rings is 1. The maximum Gasteiger partial charge on any atom is 0.279 e. The number of allylic oxidation sites excluding steroid dienone is 1. The van der Waals surface area contributed by atoms with Gasteiger partial charge in [0, 0.05) is 25.7 Å². The van der Waals surface area contributed by atoms with Gasteiger partial charge in [0.15, 0.2) is 4.80 Å². The monoisotopic (exact) mass is 495 g/mol. The highest BCUT2D eigenvalue weighted by molar-refractivity contribution is 7.89. The van der Waals surface area contributed by atoms with Crippen molar-refractivity contribution in [2.24, 2.45) is 4.99 Å². The fraction of sp³-hybridized carbons (Fsp3) is 0.120. The fourth-order valence-corrected chi connectivity index (χ4v) is 5.71. The third kappa shape index (κ3) is 4.77. The van der Waals surface area contributed by atoms with Crippen LogP contribution in [0.3, 0.4) is 0 Å². The molecule has 174 valence electrons. The molecule has 1 heterocycles. The van der Waals surface area contributed by atoms with Crippen LogP contribution < -0.4 is 4.80 Å². The summed E-state index contributed by atoms with van der Waals surface area (Å²) in [6, 6.07) is 19.6. The van der Waals surface area contributed by atoms with Crippen molar-refractivity contribution in [2.75, 3.05) is 7.05 Å². The van der Waals surface area contributed by atoms with Gasteiger partial charge in [0.05, 0.1) is 15.1 Å². The number of hydrogen-bond donors (Lipinski definition) is 0. The van der Waals surface area contributed by atoms with Crippen molar-refractivity contribution in [1.82, 2.24) is 8.87 Å². The van der Waals surface area contributed by atoms with E-state index >= 15 is 0 Å². The largest absolute Gasteiger partial charge is 0.310 e. The summed E-state index contributed by atoms with van der Waals surface area (Å²) in [6.07, 6.45) is 1.60. The highest BCUT2D eigenvalue weighted by atomic mass is 32.2. The Kier molecular flexibility index (Phi) is 6.87. The zero-order valence-corrected chi connectivity index (χ0v) is 20.0. The summed E-state index contributed by atoms with van der Waals surface area (Å²) < 4.78 is 43.7. The lowest BCUT2D eigenvalue weighted by atomic mass is 10.2. The number of sulfonamides is 1. The smallest absolute Gasteiger partial charge is 0.279 e. The maximum absolute atomic E-state index is 14.4. The first-order valence-corrected chi connectivity index (χ1v) is 12.6. The van der Waals surface area contributed by atoms with E-state index in [0.717, 1.165) is 5.56 Å². The zero-order chi connectivity index (χ0) is 24.3. The first kappa shape index (κ1) is 23.7. The lowest BCUT2D eigenvalue weighted by Gasteiger charge is -2.17. The molecular formula is C25H22FN3O3S2. The Morgan fingerprint density at radius 1 is 1.09 bits per heavy atom. The van der Waals surface area contributed by atoms with Gasteiger partial charge in [-0.15, -0.1) is 6.58 Å². The van der Waals surface area contributed by atoms with Gasteiger partial charge in [-0.2, -0.15) is 9.30 Å². The molecule has 9 heteroatoms. The Labute approximate surface area is 201 Å². The number of para-hydroxylation sites is 1. The standard InChI is InChI=1S/C25H22FN3O3S2/c1-3-16-29-23-21(26)10-7-11-22(23)33-25(29)27-24(30)19-12-14-20(15-13-19)34(31,32)28(2)17-18-8-5-4-6-9-18/h3-15H,1,16-17H2,2H3. The maximum atomic E-state index is 14.4. The van der Waals surface area contributed by atoms with Crippen LogP contribution in [0, 0.1) is 5.82 Å². The van der Waals surface area contributed by atoms with Crippen LogP contribution in [0.2, 0.25) is 0 Å². The van der Waals surface area contributed by atoms with Gasteiger partial charge in [0.1, 0.15) is 5.82 Å². The van der Waals surface area contributed by atoms with E-state index in [1.165, 1.54) is 53.0 Å². The summed E-state index contributed by atoms with van der Waals surface area (Å²) in [4.78, 5) is 17.4. The molecule has 34 heavy (non-hydrogen) atoms. The minimum absolute atomic E-state index is 0.0770. The lowest BCUT2D eigenvalue weighted by Crippen LogP contribution is -2.26. The van der Waals surface area contributed by atoms with Crippen LogP contribution in [0.4, 0.5) is 4.39 Å². The van der Waals surface area contributed by atoms with Crippen molar-refractivity contribution >= 4 is 37.5 Å². The molecule has 0 N–H and O–H groups in total. The number of hydrogen-bond acceptors (Lipinski definition) is 4. The van der Waals surface area contributed by atoms with Gasteiger partial charge in [-0.05, 0) is 42.0 Å². The van der Waals surface area contributed by atoms with Crippen LogP contribution >= 0.6 is 11.3 Å². The molecule has 0 atom stereocenters. The third-order valence-corrected chi connectivity index (χ3v) is 8.08. The van der Waals surface area contributed by atoms with Crippen molar-refractivity contribution in [2.45, 2.75) is 18.0 Å². The van der Waals surface area contributed by atoms with Crippen LogP contribution in [0.1, 0.15) is 15.9 Å². The average Bonchev–Trinajstić information content (AvgIpc) is 3.18. The number of rotatable bonds is 7. The molecule has 4 aromatic rings. The van der Waals surface area contributed by atoms with Gasteiger partial charge in [0.25, 0.3) is 5.91 Å². The number of carbonyl (C=O) groups is 1. The molecule has 0 saturated heterocycles. The highest BCUT2D eigenvalue weighted by Crippen LogP contribution is 2.21. The Morgan fingerprint density at radius 2 is 1.79 bits per heavy atom. The van der Waals surface area contributed by atoms with Crippen molar-refractivity contribution < 1.29 is 17.6 Å². The summed E-state index contributed by atoms with van der Waals surface area (Å²) in [5, 5.41) is 0. The molecule has 0 bridgehead atoms. The number of aromatic nitrogens is 1. The normalized spacial score (nSPS) is 12.4. The van der Waals surface area contributed by atoms with E-state index < -0.39 is 21.7 Å². The van der Waals surface area contributed by atoms with E-state index in [9.17, 15) is 17.6 Å². The first-order chi connectivity index (χ1) is 16.3. The van der Waals surface area contributed by atoms with Gasteiger partial charge in [-0.3, -0.25) is 4.79 Å². The van der Waals surface area contributed by atoms with E-state index in [-0.39, 0.29) is 23.5 Å². The predicted molar refractivity (Wildman–Crippen MR) is 131 cm³/mol. The topological polar surface area (TPSA) is 71.7 Å². The molecule has 0 spiro atoms. The number of benzene rings is 3. The molecule has 0 aliphatic rings. The van der Waals surface area contributed by atoms with E-state index in [1.807, 2.05) is 30.3 Å². The van der Waals surface area contributed by atoms with Crippen LogP contribution in [0.15, 0.2) is 95.3 Å². The molecule has 1 amide bonds.